The summed E-state index contributed by atoms with van der Waals surface area (Å²) in [4.78, 5) is 11.2. The van der Waals surface area contributed by atoms with Crippen LogP contribution in [0.15, 0.2) is 6.20 Å². The smallest absolute Gasteiger partial charge is 0.153 e. The van der Waals surface area contributed by atoms with Gasteiger partial charge in [0.1, 0.15) is 5.82 Å². The second-order valence-corrected chi connectivity index (χ2v) is 7.94. The summed E-state index contributed by atoms with van der Waals surface area (Å²) in [5, 5.41) is 3.29. The minimum atomic E-state index is -2.87. The Bertz CT molecular complexity index is 573. The number of nitrogens with one attached hydrogen (secondary N) is 1. The molecule has 0 aliphatic carbocycles. The highest BCUT2D eigenvalue weighted by Gasteiger charge is 2.24. The van der Waals surface area contributed by atoms with E-state index in [1.807, 2.05) is 6.20 Å². The van der Waals surface area contributed by atoms with Crippen molar-refractivity contribution < 1.29 is 8.42 Å². The van der Waals surface area contributed by atoms with E-state index >= 15 is 0 Å². The molecular formula is C14H24N4O2S. The summed E-state index contributed by atoms with van der Waals surface area (Å²) in [6.45, 7) is 8.78. The molecule has 0 aromatic carbocycles. The molecule has 1 aromatic rings. The molecule has 118 valence electrons. The van der Waals surface area contributed by atoms with Crippen LogP contribution in [0.1, 0.15) is 38.2 Å². The van der Waals surface area contributed by atoms with Gasteiger partial charge in [-0.1, -0.05) is 20.8 Å². The van der Waals surface area contributed by atoms with E-state index in [1.54, 1.807) is 0 Å². The molecule has 1 aromatic heterocycles. The number of nitrogens with zero attached hydrogens (tertiary/aromatic N) is 3. The lowest BCUT2D eigenvalue weighted by molar-refractivity contribution is 0.586. The summed E-state index contributed by atoms with van der Waals surface area (Å²) < 4.78 is 23.1. The fourth-order valence-electron chi connectivity index (χ4n) is 2.30. The average molecular weight is 312 g/mol. The van der Waals surface area contributed by atoms with E-state index in [1.165, 1.54) is 0 Å². The van der Waals surface area contributed by atoms with Crippen LogP contribution in [0, 0.1) is 0 Å². The zero-order chi connectivity index (χ0) is 15.5. The first-order valence-corrected chi connectivity index (χ1v) is 9.27. The van der Waals surface area contributed by atoms with Crippen LogP contribution in [0.2, 0.25) is 0 Å². The minimum absolute atomic E-state index is 0.208. The summed E-state index contributed by atoms with van der Waals surface area (Å²) in [7, 11) is -2.87. The molecule has 1 aliphatic rings. The van der Waals surface area contributed by atoms with Crippen molar-refractivity contribution in [3.8, 4) is 0 Å². The van der Waals surface area contributed by atoms with Crippen LogP contribution in [0.25, 0.3) is 0 Å². The Hall–Kier alpha value is -1.21. The first kappa shape index (κ1) is 16.2. The van der Waals surface area contributed by atoms with Crippen molar-refractivity contribution in [2.24, 2.45) is 0 Å². The molecule has 6 nitrogen and oxygen atoms in total. The maximum atomic E-state index is 11.6. The van der Waals surface area contributed by atoms with Crippen molar-refractivity contribution in [2.45, 2.75) is 33.2 Å². The minimum Gasteiger partial charge on any atom is -0.367 e. The monoisotopic (exact) mass is 312 g/mol. The quantitative estimate of drug-likeness (QED) is 0.872. The van der Waals surface area contributed by atoms with Gasteiger partial charge in [-0.2, -0.15) is 0 Å². The fraction of sp³-hybridized carbons (Fsp3) is 0.714. The Balaban J connectivity index is 2.25. The molecular weight excluding hydrogens is 288 g/mol. The lowest BCUT2D eigenvalue weighted by Crippen LogP contribution is -2.41. The third-order valence-electron chi connectivity index (χ3n) is 3.61. The summed E-state index contributed by atoms with van der Waals surface area (Å²) in [5.74, 6) is 1.52. The maximum Gasteiger partial charge on any atom is 0.153 e. The van der Waals surface area contributed by atoms with Gasteiger partial charge < -0.3 is 10.2 Å². The van der Waals surface area contributed by atoms with Crippen LogP contribution in [-0.4, -0.2) is 49.5 Å². The third-order valence-corrected chi connectivity index (χ3v) is 5.22. The Labute approximate surface area is 126 Å². The van der Waals surface area contributed by atoms with Gasteiger partial charge in [0.15, 0.2) is 9.84 Å². The zero-order valence-electron chi connectivity index (χ0n) is 13.0. The first-order chi connectivity index (χ1) is 9.93. The van der Waals surface area contributed by atoms with Gasteiger partial charge in [-0.15, -0.1) is 0 Å². The predicted molar refractivity (Wildman–Crippen MR) is 84.4 cm³/mol. The summed E-state index contributed by atoms with van der Waals surface area (Å²) in [6.07, 6.45) is 1.84. The molecule has 7 heteroatoms. The van der Waals surface area contributed by atoms with Crippen LogP contribution in [0.5, 0.6) is 0 Å². The lowest BCUT2D eigenvalue weighted by Gasteiger charge is -2.30. The third kappa shape index (κ3) is 4.14. The van der Waals surface area contributed by atoms with Crippen molar-refractivity contribution >= 4 is 15.5 Å². The van der Waals surface area contributed by atoms with Gasteiger partial charge in [-0.25, -0.2) is 18.4 Å². The number of rotatable bonds is 5. The normalized spacial score (nSPS) is 18.2. The average Bonchev–Trinajstić information content (AvgIpc) is 2.45. The summed E-state index contributed by atoms with van der Waals surface area (Å²) in [6, 6.07) is 0. The second-order valence-electron chi connectivity index (χ2n) is 5.63. The Morgan fingerprint density at radius 2 is 2.00 bits per heavy atom. The lowest BCUT2D eigenvalue weighted by atomic mass is 10.2. The topological polar surface area (TPSA) is 75.2 Å². The van der Waals surface area contributed by atoms with E-state index < -0.39 is 9.84 Å². The number of aromatic nitrogens is 2. The highest BCUT2D eigenvalue weighted by molar-refractivity contribution is 7.91. The molecule has 21 heavy (non-hydrogen) atoms. The molecule has 1 aliphatic heterocycles. The molecule has 0 unspecified atom stereocenters. The van der Waals surface area contributed by atoms with E-state index in [2.05, 4.69) is 41.0 Å². The molecule has 0 saturated carbocycles. The van der Waals surface area contributed by atoms with Crippen LogP contribution >= 0.6 is 0 Å². The van der Waals surface area contributed by atoms with Gasteiger partial charge in [0.25, 0.3) is 0 Å². The Morgan fingerprint density at radius 3 is 2.57 bits per heavy atom. The fourth-order valence-corrected chi connectivity index (χ4v) is 3.50. The highest BCUT2D eigenvalue weighted by atomic mass is 32.2. The van der Waals surface area contributed by atoms with E-state index in [0.29, 0.717) is 19.6 Å². The molecule has 1 N–H and O–H groups in total. The molecule has 1 saturated heterocycles. The van der Waals surface area contributed by atoms with E-state index in [9.17, 15) is 8.42 Å². The van der Waals surface area contributed by atoms with Crippen LogP contribution in [-0.2, 0) is 16.4 Å². The molecule has 2 rings (SSSR count). The van der Waals surface area contributed by atoms with E-state index in [4.69, 9.17) is 0 Å². The number of hydrogen-bond donors (Lipinski definition) is 1. The van der Waals surface area contributed by atoms with Crippen LogP contribution in [0.4, 0.5) is 5.69 Å². The van der Waals surface area contributed by atoms with Crippen molar-refractivity contribution in [3.05, 3.63) is 17.7 Å². The number of sulfone groups is 1. The van der Waals surface area contributed by atoms with Crippen molar-refractivity contribution in [3.63, 3.8) is 0 Å². The standard InChI is InChI=1S/C14H24N4O2S/c1-4-15-9-12-13(10-16-14(17-12)11(2)3)18-5-7-21(19,20)8-6-18/h10-11,15H,4-9H2,1-3H3. The predicted octanol–water partition coefficient (Wildman–Crippen LogP) is 0.944. The highest BCUT2D eigenvalue weighted by Crippen LogP contribution is 2.22. The van der Waals surface area contributed by atoms with E-state index in [-0.39, 0.29) is 17.4 Å². The summed E-state index contributed by atoms with van der Waals surface area (Å²) >= 11 is 0. The molecule has 0 atom stereocenters. The number of anilines is 1. The summed E-state index contributed by atoms with van der Waals surface area (Å²) in [5.41, 5.74) is 1.91. The molecule has 0 spiro atoms. The zero-order valence-corrected chi connectivity index (χ0v) is 13.8. The molecule has 2 heterocycles. The van der Waals surface area contributed by atoms with Gasteiger partial charge in [0.05, 0.1) is 29.1 Å². The van der Waals surface area contributed by atoms with E-state index in [0.717, 1.165) is 23.8 Å². The van der Waals surface area contributed by atoms with Crippen LogP contribution in [0.3, 0.4) is 0 Å². The van der Waals surface area contributed by atoms with Crippen molar-refractivity contribution in [1.29, 1.82) is 0 Å². The molecule has 0 bridgehead atoms. The second kappa shape index (κ2) is 6.70. The largest absolute Gasteiger partial charge is 0.367 e. The first-order valence-electron chi connectivity index (χ1n) is 7.45. The Morgan fingerprint density at radius 1 is 1.33 bits per heavy atom. The van der Waals surface area contributed by atoms with Gasteiger partial charge in [0.2, 0.25) is 0 Å². The maximum absolute atomic E-state index is 11.6. The van der Waals surface area contributed by atoms with Crippen molar-refractivity contribution in [2.75, 3.05) is 36.0 Å². The SMILES string of the molecule is CCNCc1nc(C(C)C)ncc1N1CCS(=O)(=O)CC1. The van der Waals surface area contributed by atoms with Gasteiger partial charge >= 0.3 is 0 Å². The Kier molecular flexibility index (Phi) is 5.16. The molecule has 0 amide bonds. The molecule has 1 fully saturated rings. The van der Waals surface area contributed by atoms with Gasteiger partial charge in [-0.3, -0.25) is 0 Å². The van der Waals surface area contributed by atoms with Gasteiger partial charge in [0, 0.05) is 25.6 Å². The van der Waals surface area contributed by atoms with Gasteiger partial charge in [-0.05, 0) is 6.54 Å². The molecule has 0 radical (unpaired) electrons. The number of hydrogen-bond acceptors (Lipinski definition) is 6. The van der Waals surface area contributed by atoms with Crippen molar-refractivity contribution in [1.82, 2.24) is 15.3 Å². The van der Waals surface area contributed by atoms with Crippen LogP contribution < -0.4 is 10.2 Å².